The zero-order valence-electron chi connectivity index (χ0n) is 17.7. The molecule has 0 aliphatic carbocycles. The van der Waals surface area contributed by atoms with Gasteiger partial charge in [-0.05, 0) is 28.5 Å². The van der Waals surface area contributed by atoms with Gasteiger partial charge in [-0.15, -0.1) is 0 Å². The Bertz CT molecular complexity index is 1330. The van der Waals surface area contributed by atoms with Gasteiger partial charge in [0.2, 0.25) is 5.91 Å². The van der Waals surface area contributed by atoms with Gasteiger partial charge >= 0.3 is 0 Å². The average molecular weight is 439 g/mol. The van der Waals surface area contributed by atoms with Crippen LogP contribution in [0.3, 0.4) is 0 Å². The predicted molar refractivity (Wildman–Crippen MR) is 127 cm³/mol. The Balaban J connectivity index is 1.41. The molecule has 0 bridgehead atoms. The highest BCUT2D eigenvalue weighted by Crippen LogP contribution is 2.22. The maximum atomic E-state index is 12.2. The molecule has 33 heavy (non-hydrogen) atoms. The second kappa shape index (κ2) is 10.2. The van der Waals surface area contributed by atoms with Crippen molar-refractivity contribution in [2.24, 2.45) is 5.10 Å². The van der Waals surface area contributed by atoms with Crippen molar-refractivity contribution in [2.45, 2.75) is 13.0 Å². The number of hydrogen-bond donors (Lipinski definition) is 1. The molecule has 0 aliphatic heterocycles. The number of amides is 1. The van der Waals surface area contributed by atoms with Crippen molar-refractivity contribution in [3.63, 3.8) is 0 Å². The summed E-state index contributed by atoms with van der Waals surface area (Å²) >= 11 is 0. The largest absolute Gasteiger partial charge is 0.488 e. The van der Waals surface area contributed by atoms with E-state index in [-0.39, 0.29) is 12.1 Å². The van der Waals surface area contributed by atoms with Crippen LogP contribution in [0.4, 0.5) is 5.69 Å². The number of hydrazone groups is 1. The number of nitrogens with one attached hydrogen (secondary N) is 1. The lowest BCUT2D eigenvalue weighted by molar-refractivity contribution is -0.385. The topological polar surface area (TPSA) is 93.8 Å². The van der Waals surface area contributed by atoms with Crippen LogP contribution in [-0.2, 0) is 17.8 Å². The SMILES string of the molecule is O=C(Cc1ccccc1[N+](=O)[O-])NN=Cc1ccccc1OCc1cccc2ccccc12. The number of carbonyl (C=O) groups excluding carboxylic acids is 1. The first-order chi connectivity index (χ1) is 16.1. The summed E-state index contributed by atoms with van der Waals surface area (Å²) in [6.45, 7) is 0.385. The summed E-state index contributed by atoms with van der Waals surface area (Å²) < 4.78 is 6.05. The monoisotopic (exact) mass is 439 g/mol. The maximum absolute atomic E-state index is 12.2. The van der Waals surface area contributed by atoms with Gasteiger partial charge in [0.15, 0.2) is 0 Å². The van der Waals surface area contributed by atoms with Crippen molar-refractivity contribution in [3.05, 3.63) is 118 Å². The number of nitro benzene ring substituents is 1. The molecule has 1 N–H and O–H groups in total. The van der Waals surface area contributed by atoms with Crippen LogP contribution in [0.5, 0.6) is 5.75 Å². The Morgan fingerprint density at radius 3 is 2.48 bits per heavy atom. The second-order valence-electron chi connectivity index (χ2n) is 7.32. The molecule has 0 heterocycles. The third-order valence-electron chi connectivity index (χ3n) is 5.11. The molecule has 7 heteroatoms. The highest BCUT2D eigenvalue weighted by atomic mass is 16.6. The quantitative estimate of drug-likeness (QED) is 0.237. The summed E-state index contributed by atoms with van der Waals surface area (Å²) in [7, 11) is 0. The Hall–Kier alpha value is -4.52. The van der Waals surface area contributed by atoms with Crippen LogP contribution in [0.1, 0.15) is 16.7 Å². The number of benzene rings is 4. The van der Waals surface area contributed by atoms with Crippen molar-refractivity contribution in [2.75, 3.05) is 0 Å². The van der Waals surface area contributed by atoms with Crippen LogP contribution < -0.4 is 10.2 Å². The van der Waals surface area contributed by atoms with Crippen LogP contribution in [0.2, 0.25) is 0 Å². The molecule has 4 rings (SSSR count). The molecule has 0 saturated carbocycles. The zero-order chi connectivity index (χ0) is 23.0. The maximum Gasteiger partial charge on any atom is 0.273 e. The molecule has 0 aromatic heterocycles. The summed E-state index contributed by atoms with van der Waals surface area (Å²) in [5.41, 5.74) is 4.42. The molecule has 4 aromatic rings. The summed E-state index contributed by atoms with van der Waals surface area (Å²) in [6.07, 6.45) is 1.35. The number of carbonyl (C=O) groups is 1. The van der Waals surface area contributed by atoms with Gasteiger partial charge in [-0.3, -0.25) is 14.9 Å². The van der Waals surface area contributed by atoms with Crippen LogP contribution in [0, 0.1) is 10.1 Å². The van der Waals surface area contributed by atoms with Gasteiger partial charge in [-0.2, -0.15) is 5.10 Å². The zero-order valence-corrected chi connectivity index (χ0v) is 17.7. The number of rotatable bonds is 8. The van der Waals surface area contributed by atoms with E-state index in [0.29, 0.717) is 23.5 Å². The lowest BCUT2D eigenvalue weighted by atomic mass is 10.1. The number of ether oxygens (including phenoxy) is 1. The molecule has 164 valence electrons. The number of nitro groups is 1. The minimum absolute atomic E-state index is 0.0937. The summed E-state index contributed by atoms with van der Waals surface area (Å²) in [6, 6.07) is 27.7. The second-order valence-corrected chi connectivity index (χ2v) is 7.32. The Morgan fingerprint density at radius 1 is 0.909 bits per heavy atom. The van der Waals surface area contributed by atoms with Crippen molar-refractivity contribution < 1.29 is 14.5 Å². The van der Waals surface area contributed by atoms with E-state index >= 15 is 0 Å². The highest BCUT2D eigenvalue weighted by molar-refractivity contribution is 5.87. The Morgan fingerprint density at radius 2 is 1.61 bits per heavy atom. The molecule has 0 spiro atoms. The minimum Gasteiger partial charge on any atom is -0.488 e. The van der Waals surface area contributed by atoms with E-state index in [4.69, 9.17) is 4.74 Å². The summed E-state index contributed by atoms with van der Waals surface area (Å²) in [5, 5.41) is 17.4. The molecule has 0 radical (unpaired) electrons. The van der Waals surface area contributed by atoms with Gasteiger partial charge < -0.3 is 4.74 Å². The normalized spacial score (nSPS) is 10.9. The molecule has 0 saturated heterocycles. The van der Waals surface area contributed by atoms with E-state index in [1.165, 1.54) is 12.3 Å². The lowest BCUT2D eigenvalue weighted by Gasteiger charge is -2.11. The van der Waals surface area contributed by atoms with Gasteiger partial charge in [0.1, 0.15) is 12.4 Å². The lowest BCUT2D eigenvalue weighted by Crippen LogP contribution is -2.20. The molecule has 0 atom stereocenters. The summed E-state index contributed by atoms with van der Waals surface area (Å²) in [5.74, 6) is 0.178. The standard InChI is InChI=1S/C26H21N3O4/c30-26(16-20-9-2-5-14-24(20)29(31)32)28-27-17-21-10-3-6-15-25(21)33-18-22-12-7-11-19-8-1-4-13-23(19)22/h1-15,17H,16,18H2,(H,28,30). The van der Waals surface area contributed by atoms with E-state index < -0.39 is 10.8 Å². The molecule has 1 amide bonds. The molecular formula is C26H21N3O4. The molecular weight excluding hydrogens is 418 g/mol. The van der Waals surface area contributed by atoms with E-state index in [2.05, 4.69) is 28.7 Å². The predicted octanol–water partition coefficient (Wildman–Crippen LogP) is 5.02. The van der Waals surface area contributed by atoms with E-state index in [0.717, 1.165) is 16.3 Å². The van der Waals surface area contributed by atoms with Crippen LogP contribution in [0.25, 0.3) is 10.8 Å². The average Bonchev–Trinajstić information content (AvgIpc) is 2.83. The van der Waals surface area contributed by atoms with Crippen molar-refractivity contribution in [1.82, 2.24) is 5.43 Å². The van der Waals surface area contributed by atoms with Gasteiger partial charge in [0.05, 0.1) is 17.6 Å². The number of para-hydroxylation sites is 2. The van der Waals surface area contributed by atoms with E-state index in [9.17, 15) is 14.9 Å². The molecule has 7 nitrogen and oxygen atoms in total. The van der Waals surface area contributed by atoms with Crippen LogP contribution in [-0.4, -0.2) is 17.0 Å². The van der Waals surface area contributed by atoms with Gasteiger partial charge in [-0.25, -0.2) is 5.43 Å². The van der Waals surface area contributed by atoms with Gasteiger partial charge in [0, 0.05) is 17.2 Å². The molecule has 0 fully saturated rings. The van der Waals surface area contributed by atoms with Crippen LogP contribution >= 0.6 is 0 Å². The van der Waals surface area contributed by atoms with Gasteiger partial charge in [-0.1, -0.05) is 72.8 Å². The first-order valence-electron chi connectivity index (χ1n) is 10.3. The molecule has 0 aliphatic rings. The van der Waals surface area contributed by atoms with Crippen molar-refractivity contribution in [1.29, 1.82) is 0 Å². The van der Waals surface area contributed by atoms with Gasteiger partial charge in [0.25, 0.3) is 5.69 Å². The van der Waals surface area contributed by atoms with Crippen molar-refractivity contribution in [3.8, 4) is 5.75 Å². The first kappa shape index (κ1) is 21.7. The fourth-order valence-corrected chi connectivity index (χ4v) is 3.52. The highest BCUT2D eigenvalue weighted by Gasteiger charge is 2.15. The Kier molecular flexibility index (Phi) is 6.70. The van der Waals surface area contributed by atoms with Crippen LogP contribution in [0.15, 0.2) is 96.1 Å². The fraction of sp³-hybridized carbons (Fsp3) is 0.0769. The molecule has 0 unspecified atom stereocenters. The number of hydrogen-bond acceptors (Lipinski definition) is 5. The van der Waals surface area contributed by atoms with E-state index in [1.807, 2.05) is 48.5 Å². The minimum atomic E-state index is -0.505. The Labute approximate surface area is 190 Å². The number of nitrogens with zero attached hydrogens (tertiary/aromatic N) is 2. The van der Waals surface area contributed by atoms with E-state index in [1.54, 1.807) is 18.2 Å². The fourth-order valence-electron chi connectivity index (χ4n) is 3.52. The first-order valence-corrected chi connectivity index (χ1v) is 10.3. The smallest absolute Gasteiger partial charge is 0.273 e. The van der Waals surface area contributed by atoms with Crippen molar-refractivity contribution >= 4 is 28.6 Å². The third-order valence-corrected chi connectivity index (χ3v) is 5.11. The third kappa shape index (κ3) is 5.40. The summed E-state index contributed by atoms with van der Waals surface area (Å²) in [4.78, 5) is 22.8. The number of fused-ring (bicyclic) bond motifs is 1. The molecule has 4 aromatic carbocycles.